The molecule has 0 aliphatic carbocycles. The first-order valence-electron chi connectivity index (χ1n) is 8.07. The molecule has 0 spiro atoms. The third kappa shape index (κ3) is 5.29. The van der Waals surface area contributed by atoms with Gasteiger partial charge in [-0.15, -0.1) is 0 Å². The lowest BCUT2D eigenvalue weighted by Gasteiger charge is -2.19. The van der Waals surface area contributed by atoms with Gasteiger partial charge in [0.1, 0.15) is 5.75 Å². The Kier molecular flexibility index (Phi) is 7.60. The molecule has 5 nitrogen and oxygen atoms in total. The van der Waals surface area contributed by atoms with Crippen LogP contribution in [0.1, 0.15) is 24.9 Å². The highest BCUT2D eigenvalue weighted by molar-refractivity contribution is 9.10. The van der Waals surface area contributed by atoms with Crippen molar-refractivity contribution in [3.63, 3.8) is 0 Å². The molecule has 0 saturated carbocycles. The summed E-state index contributed by atoms with van der Waals surface area (Å²) >= 11 is 9.42. The summed E-state index contributed by atoms with van der Waals surface area (Å²) in [5, 5.41) is 3.40. The van der Waals surface area contributed by atoms with Crippen LogP contribution in [0.4, 0.5) is 0 Å². The average Bonchev–Trinajstić information content (AvgIpc) is 2.64. The molecule has 26 heavy (non-hydrogen) atoms. The fourth-order valence-corrected chi connectivity index (χ4v) is 3.19. The summed E-state index contributed by atoms with van der Waals surface area (Å²) < 4.78 is 16.9. The maximum atomic E-state index is 12.3. The normalized spacial score (nSPS) is 11.6. The molecule has 1 atom stereocenters. The molecule has 0 aromatic heterocycles. The standard InChI is InChI=1S/C19H21BrClNO4/c1-4-15(12-5-7-17(24-2)18(9-12)25-3)22-19(23)11-26-16-8-6-13(20)10-14(16)21/h5-10,15H,4,11H2,1-3H3,(H,22,23)/t15-/m1/s1. The monoisotopic (exact) mass is 441 g/mol. The molecule has 0 radical (unpaired) electrons. The van der Waals surface area contributed by atoms with Crippen LogP contribution in [0.15, 0.2) is 40.9 Å². The zero-order chi connectivity index (χ0) is 19.1. The summed E-state index contributed by atoms with van der Waals surface area (Å²) in [6.45, 7) is 1.87. The van der Waals surface area contributed by atoms with Crippen molar-refractivity contribution in [3.05, 3.63) is 51.5 Å². The Morgan fingerprint density at radius 1 is 1.12 bits per heavy atom. The molecule has 1 amide bonds. The number of ether oxygens (including phenoxy) is 3. The second kappa shape index (κ2) is 9.69. The predicted molar refractivity (Wildman–Crippen MR) is 105 cm³/mol. The van der Waals surface area contributed by atoms with Gasteiger partial charge in [-0.3, -0.25) is 4.79 Å². The van der Waals surface area contributed by atoms with Crippen LogP contribution in [0.3, 0.4) is 0 Å². The van der Waals surface area contributed by atoms with Crippen molar-refractivity contribution < 1.29 is 19.0 Å². The van der Waals surface area contributed by atoms with E-state index in [2.05, 4.69) is 21.2 Å². The Morgan fingerprint density at radius 3 is 2.42 bits per heavy atom. The van der Waals surface area contributed by atoms with Gasteiger partial charge < -0.3 is 19.5 Å². The van der Waals surface area contributed by atoms with E-state index in [-0.39, 0.29) is 18.6 Å². The van der Waals surface area contributed by atoms with Gasteiger partial charge in [0.2, 0.25) is 0 Å². The van der Waals surface area contributed by atoms with E-state index in [0.717, 1.165) is 16.5 Å². The lowest BCUT2D eigenvalue weighted by molar-refractivity contribution is -0.123. The topological polar surface area (TPSA) is 56.8 Å². The van der Waals surface area contributed by atoms with E-state index in [1.807, 2.05) is 25.1 Å². The van der Waals surface area contributed by atoms with Crippen LogP contribution in [0.5, 0.6) is 17.2 Å². The number of amides is 1. The van der Waals surface area contributed by atoms with E-state index in [0.29, 0.717) is 22.3 Å². The van der Waals surface area contributed by atoms with Crippen LogP contribution in [-0.4, -0.2) is 26.7 Å². The largest absolute Gasteiger partial charge is 0.493 e. The van der Waals surface area contributed by atoms with Gasteiger partial charge in [0.15, 0.2) is 18.1 Å². The molecule has 0 heterocycles. The Morgan fingerprint density at radius 2 is 1.81 bits per heavy atom. The van der Waals surface area contributed by atoms with Crippen LogP contribution in [0.2, 0.25) is 5.02 Å². The molecule has 0 unspecified atom stereocenters. The molecule has 140 valence electrons. The van der Waals surface area contributed by atoms with Gasteiger partial charge in [-0.2, -0.15) is 0 Å². The molecule has 2 rings (SSSR count). The number of rotatable bonds is 8. The molecule has 0 aliphatic heterocycles. The van der Waals surface area contributed by atoms with E-state index in [1.54, 1.807) is 32.4 Å². The third-order valence-electron chi connectivity index (χ3n) is 3.81. The Balaban J connectivity index is 2.01. The minimum atomic E-state index is -0.231. The highest BCUT2D eigenvalue weighted by atomic mass is 79.9. The Labute approximate surface area is 166 Å². The van der Waals surface area contributed by atoms with Crippen molar-refractivity contribution in [2.45, 2.75) is 19.4 Å². The highest BCUT2D eigenvalue weighted by Crippen LogP contribution is 2.31. The second-order valence-corrected chi connectivity index (χ2v) is 6.83. The van der Waals surface area contributed by atoms with Crippen LogP contribution in [0.25, 0.3) is 0 Å². The molecule has 0 aliphatic rings. The molecule has 0 bridgehead atoms. The molecule has 7 heteroatoms. The average molecular weight is 443 g/mol. The summed E-state index contributed by atoms with van der Waals surface area (Å²) in [6, 6.07) is 10.7. The second-order valence-electron chi connectivity index (χ2n) is 5.51. The summed E-state index contributed by atoms with van der Waals surface area (Å²) in [7, 11) is 3.16. The third-order valence-corrected chi connectivity index (χ3v) is 4.59. The minimum absolute atomic E-state index is 0.120. The zero-order valence-corrected chi connectivity index (χ0v) is 17.2. The van der Waals surface area contributed by atoms with Gasteiger partial charge in [0.25, 0.3) is 5.91 Å². The minimum Gasteiger partial charge on any atom is -0.493 e. The fourth-order valence-electron chi connectivity index (χ4n) is 2.46. The number of hydrogen-bond donors (Lipinski definition) is 1. The first-order valence-corrected chi connectivity index (χ1v) is 9.24. The summed E-state index contributed by atoms with van der Waals surface area (Å²) in [5.74, 6) is 1.50. The highest BCUT2D eigenvalue weighted by Gasteiger charge is 2.16. The predicted octanol–water partition coefficient (Wildman–Crippen LogP) is 4.77. The first kappa shape index (κ1) is 20.4. The van der Waals surface area contributed by atoms with Crippen LogP contribution >= 0.6 is 27.5 Å². The molecule has 0 saturated heterocycles. The summed E-state index contributed by atoms with van der Waals surface area (Å²) in [5.41, 5.74) is 0.931. The quantitative estimate of drug-likeness (QED) is 0.640. The zero-order valence-electron chi connectivity index (χ0n) is 14.8. The molecular weight excluding hydrogens is 422 g/mol. The van der Waals surface area contributed by atoms with E-state index < -0.39 is 0 Å². The van der Waals surface area contributed by atoms with Gasteiger partial charge in [0.05, 0.1) is 25.3 Å². The van der Waals surface area contributed by atoms with Crippen LogP contribution in [0, 0.1) is 0 Å². The van der Waals surface area contributed by atoms with Crippen molar-refractivity contribution in [2.24, 2.45) is 0 Å². The van der Waals surface area contributed by atoms with E-state index >= 15 is 0 Å². The number of benzene rings is 2. The van der Waals surface area contributed by atoms with Gasteiger partial charge >= 0.3 is 0 Å². The smallest absolute Gasteiger partial charge is 0.258 e. The van der Waals surface area contributed by atoms with Crippen molar-refractivity contribution in [1.29, 1.82) is 0 Å². The Bertz CT molecular complexity index is 769. The van der Waals surface area contributed by atoms with E-state index in [9.17, 15) is 4.79 Å². The maximum Gasteiger partial charge on any atom is 0.258 e. The van der Waals surface area contributed by atoms with Crippen molar-refractivity contribution >= 4 is 33.4 Å². The van der Waals surface area contributed by atoms with Crippen molar-refractivity contribution in [1.82, 2.24) is 5.32 Å². The fraction of sp³-hybridized carbons (Fsp3) is 0.316. The van der Waals surface area contributed by atoms with Crippen LogP contribution < -0.4 is 19.5 Å². The molecule has 2 aromatic rings. The SMILES string of the molecule is CC[C@@H](NC(=O)COc1ccc(Br)cc1Cl)c1ccc(OC)c(OC)c1. The number of carbonyl (C=O) groups excluding carboxylic acids is 1. The molecule has 1 N–H and O–H groups in total. The van der Waals surface area contributed by atoms with Gasteiger partial charge in [-0.1, -0.05) is 40.5 Å². The number of hydrogen-bond acceptors (Lipinski definition) is 4. The maximum absolute atomic E-state index is 12.3. The van der Waals surface area contributed by atoms with Crippen molar-refractivity contribution in [2.75, 3.05) is 20.8 Å². The number of carbonyl (C=O) groups is 1. The molecular formula is C19H21BrClNO4. The lowest BCUT2D eigenvalue weighted by Crippen LogP contribution is -2.32. The lowest BCUT2D eigenvalue weighted by atomic mass is 10.0. The Hall–Kier alpha value is -1.92. The number of nitrogens with one attached hydrogen (secondary N) is 1. The van der Waals surface area contributed by atoms with Crippen molar-refractivity contribution in [3.8, 4) is 17.2 Å². The molecule has 2 aromatic carbocycles. The van der Waals surface area contributed by atoms with Gasteiger partial charge in [0, 0.05) is 4.47 Å². The van der Waals surface area contributed by atoms with E-state index in [4.69, 9.17) is 25.8 Å². The number of methoxy groups -OCH3 is 2. The van der Waals surface area contributed by atoms with E-state index in [1.165, 1.54) is 0 Å². The molecule has 0 fully saturated rings. The summed E-state index contributed by atoms with van der Waals surface area (Å²) in [6.07, 6.45) is 0.722. The number of halogens is 2. The van der Waals surface area contributed by atoms with Crippen LogP contribution in [-0.2, 0) is 4.79 Å². The van der Waals surface area contributed by atoms with Gasteiger partial charge in [-0.05, 0) is 42.3 Å². The summed E-state index contributed by atoms with van der Waals surface area (Å²) in [4.78, 5) is 12.3. The van der Waals surface area contributed by atoms with Gasteiger partial charge in [-0.25, -0.2) is 0 Å². The first-order chi connectivity index (χ1) is 12.5.